The van der Waals surface area contributed by atoms with E-state index in [0.29, 0.717) is 30.5 Å². The lowest BCUT2D eigenvalue weighted by molar-refractivity contribution is -0.129. The van der Waals surface area contributed by atoms with Crippen molar-refractivity contribution in [3.8, 4) is 0 Å². The number of hydrogen-bond acceptors (Lipinski definition) is 2. The molecule has 1 aromatic carbocycles. The second-order valence-corrected chi connectivity index (χ2v) is 6.66. The number of hydrogen-bond donors (Lipinski definition) is 1. The molecule has 116 valence electrons. The van der Waals surface area contributed by atoms with Gasteiger partial charge in [-0.25, -0.2) is 0 Å². The second kappa shape index (κ2) is 5.59. The fraction of sp³-hybridized carbons (Fsp3) is 0.444. The number of aromatic amines is 1. The van der Waals surface area contributed by atoms with Gasteiger partial charge in [0, 0.05) is 29.7 Å². The Morgan fingerprint density at radius 2 is 1.77 bits per heavy atom. The molecule has 4 heteroatoms. The highest BCUT2D eigenvalue weighted by molar-refractivity contribution is 6.45. The predicted molar refractivity (Wildman–Crippen MR) is 86.9 cm³/mol. The van der Waals surface area contributed by atoms with Crippen LogP contribution in [0.5, 0.6) is 0 Å². The highest BCUT2D eigenvalue weighted by atomic mass is 16.2. The molecule has 2 atom stereocenters. The first-order chi connectivity index (χ1) is 10.5. The number of piperidine rings is 1. The van der Waals surface area contributed by atoms with E-state index in [0.717, 1.165) is 23.0 Å². The van der Waals surface area contributed by atoms with Crippen LogP contribution in [0.25, 0.3) is 10.9 Å². The standard InChI is InChI=1S/C18H22N2O2/c1-11-8-12(2)10-20(9-11)18(22)17(21)16-13(3)19-15-7-5-4-6-14(15)16/h4-7,11-12,19H,8-10H2,1-3H3/t11-,12-/m1/s1. The number of rotatable bonds is 2. The Kier molecular flexibility index (Phi) is 3.77. The number of nitrogens with zero attached hydrogens (tertiary/aromatic N) is 1. The first kappa shape index (κ1) is 14.8. The first-order valence-corrected chi connectivity index (χ1v) is 7.88. The van der Waals surface area contributed by atoms with E-state index in [2.05, 4.69) is 18.8 Å². The summed E-state index contributed by atoms with van der Waals surface area (Å²) in [5, 5.41) is 0.830. The molecule has 0 saturated carbocycles. The first-order valence-electron chi connectivity index (χ1n) is 7.88. The van der Waals surface area contributed by atoms with E-state index in [1.165, 1.54) is 0 Å². The zero-order chi connectivity index (χ0) is 15.9. The van der Waals surface area contributed by atoms with Crippen molar-refractivity contribution in [3.05, 3.63) is 35.5 Å². The van der Waals surface area contributed by atoms with Crippen LogP contribution in [0.1, 0.15) is 36.3 Å². The molecule has 1 amide bonds. The lowest BCUT2D eigenvalue weighted by Gasteiger charge is -2.34. The number of carbonyl (C=O) groups excluding carboxylic acids is 2. The number of ketones is 1. The molecular formula is C18H22N2O2. The number of nitrogens with one attached hydrogen (secondary N) is 1. The van der Waals surface area contributed by atoms with Crippen LogP contribution in [0.3, 0.4) is 0 Å². The summed E-state index contributed by atoms with van der Waals surface area (Å²) in [6.07, 6.45) is 1.12. The molecule has 0 spiro atoms. The number of carbonyl (C=O) groups is 2. The molecule has 22 heavy (non-hydrogen) atoms. The van der Waals surface area contributed by atoms with E-state index in [4.69, 9.17) is 0 Å². The van der Waals surface area contributed by atoms with Gasteiger partial charge < -0.3 is 9.88 Å². The number of para-hydroxylation sites is 1. The van der Waals surface area contributed by atoms with Gasteiger partial charge in [0.05, 0.1) is 5.56 Å². The highest BCUT2D eigenvalue weighted by Crippen LogP contribution is 2.25. The van der Waals surface area contributed by atoms with Crippen molar-refractivity contribution in [1.29, 1.82) is 0 Å². The van der Waals surface area contributed by atoms with E-state index in [1.54, 1.807) is 4.90 Å². The second-order valence-electron chi connectivity index (χ2n) is 6.66. The van der Waals surface area contributed by atoms with Gasteiger partial charge in [-0.05, 0) is 31.2 Å². The lowest BCUT2D eigenvalue weighted by atomic mass is 9.91. The molecule has 0 radical (unpaired) electrons. The Morgan fingerprint density at radius 3 is 2.45 bits per heavy atom. The molecule has 2 heterocycles. The maximum absolute atomic E-state index is 12.7. The highest BCUT2D eigenvalue weighted by Gasteiger charge is 2.31. The van der Waals surface area contributed by atoms with Crippen molar-refractivity contribution in [2.24, 2.45) is 11.8 Å². The maximum Gasteiger partial charge on any atom is 0.295 e. The molecule has 1 aromatic heterocycles. The quantitative estimate of drug-likeness (QED) is 0.684. The van der Waals surface area contributed by atoms with Crippen molar-refractivity contribution in [2.75, 3.05) is 13.1 Å². The van der Waals surface area contributed by atoms with Crippen LogP contribution in [0, 0.1) is 18.8 Å². The summed E-state index contributed by atoms with van der Waals surface area (Å²) in [6.45, 7) is 7.48. The summed E-state index contributed by atoms with van der Waals surface area (Å²) in [7, 11) is 0. The summed E-state index contributed by atoms with van der Waals surface area (Å²) in [6, 6.07) is 7.62. The van der Waals surface area contributed by atoms with E-state index in [-0.39, 0.29) is 5.91 Å². The molecule has 3 rings (SSSR count). The SMILES string of the molecule is Cc1[nH]c2ccccc2c1C(=O)C(=O)N1C[C@H](C)C[C@@H](C)C1. The van der Waals surface area contributed by atoms with Gasteiger partial charge in [-0.1, -0.05) is 32.0 Å². The van der Waals surface area contributed by atoms with Crippen LogP contribution in [0.15, 0.2) is 24.3 Å². The van der Waals surface area contributed by atoms with Crippen LogP contribution in [-0.4, -0.2) is 34.7 Å². The van der Waals surface area contributed by atoms with Crippen LogP contribution in [0.2, 0.25) is 0 Å². The van der Waals surface area contributed by atoms with Crippen molar-refractivity contribution < 1.29 is 9.59 Å². The zero-order valence-corrected chi connectivity index (χ0v) is 13.3. The van der Waals surface area contributed by atoms with Crippen LogP contribution < -0.4 is 0 Å². The average molecular weight is 298 g/mol. The Morgan fingerprint density at radius 1 is 1.14 bits per heavy atom. The van der Waals surface area contributed by atoms with Gasteiger partial charge >= 0.3 is 0 Å². The van der Waals surface area contributed by atoms with Gasteiger partial charge in [0.25, 0.3) is 11.7 Å². The summed E-state index contributed by atoms with van der Waals surface area (Å²) in [5.74, 6) is 0.136. The lowest BCUT2D eigenvalue weighted by Crippen LogP contribution is -2.45. The molecule has 0 unspecified atom stereocenters. The number of aryl methyl sites for hydroxylation is 1. The van der Waals surface area contributed by atoms with Crippen molar-refractivity contribution in [2.45, 2.75) is 27.2 Å². The summed E-state index contributed by atoms with van der Waals surface area (Å²) in [5.41, 5.74) is 2.18. The fourth-order valence-electron chi connectivity index (χ4n) is 3.65. The molecule has 1 aliphatic rings. The van der Waals surface area contributed by atoms with Gasteiger partial charge in [-0.2, -0.15) is 0 Å². The largest absolute Gasteiger partial charge is 0.358 e. The van der Waals surface area contributed by atoms with Gasteiger partial charge in [0.15, 0.2) is 0 Å². The van der Waals surface area contributed by atoms with Gasteiger partial charge in [0.2, 0.25) is 0 Å². The molecular weight excluding hydrogens is 276 g/mol. The Balaban J connectivity index is 1.92. The Bertz CT molecular complexity index is 722. The molecule has 0 aliphatic carbocycles. The van der Waals surface area contributed by atoms with Crippen molar-refractivity contribution >= 4 is 22.6 Å². The molecule has 1 saturated heterocycles. The normalized spacial score (nSPS) is 22.0. The smallest absolute Gasteiger partial charge is 0.295 e. The van der Waals surface area contributed by atoms with Crippen molar-refractivity contribution in [1.82, 2.24) is 9.88 Å². The minimum absolute atomic E-state index is 0.369. The third-order valence-electron chi connectivity index (χ3n) is 4.47. The number of benzene rings is 1. The van der Waals surface area contributed by atoms with Crippen LogP contribution in [0.4, 0.5) is 0 Å². The monoisotopic (exact) mass is 298 g/mol. The molecule has 4 nitrogen and oxygen atoms in total. The summed E-state index contributed by atoms with van der Waals surface area (Å²) < 4.78 is 0. The van der Waals surface area contributed by atoms with Crippen molar-refractivity contribution in [3.63, 3.8) is 0 Å². The number of fused-ring (bicyclic) bond motifs is 1. The van der Waals surface area contributed by atoms with E-state index >= 15 is 0 Å². The maximum atomic E-state index is 12.7. The zero-order valence-electron chi connectivity index (χ0n) is 13.3. The Hall–Kier alpha value is -2.10. The number of amides is 1. The number of likely N-dealkylation sites (tertiary alicyclic amines) is 1. The molecule has 1 aliphatic heterocycles. The summed E-state index contributed by atoms with van der Waals surface area (Å²) >= 11 is 0. The van der Waals surface area contributed by atoms with Gasteiger partial charge in [-0.3, -0.25) is 9.59 Å². The molecule has 1 N–H and O–H groups in total. The molecule has 0 bridgehead atoms. The third kappa shape index (κ3) is 2.54. The number of aromatic nitrogens is 1. The van der Waals surface area contributed by atoms with Gasteiger partial charge in [0.1, 0.15) is 0 Å². The third-order valence-corrected chi connectivity index (χ3v) is 4.47. The van der Waals surface area contributed by atoms with E-state index in [1.807, 2.05) is 31.2 Å². The topological polar surface area (TPSA) is 53.2 Å². The minimum Gasteiger partial charge on any atom is -0.358 e. The summed E-state index contributed by atoms with van der Waals surface area (Å²) in [4.78, 5) is 30.3. The molecule has 2 aromatic rings. The van der Waals surface area contributed by atoms with Gasteiger partial charge in [-0.15, -0.1) is 0 Å². The van der Waals surface area contributed by atoms with Crippen LogP contribution >= 0.6 is 0 Å². The number of Topliss-reactive ketones (excluding diaryl/α,β-unsaturated/α-hetero) is 1. The van der Waals surface area contributed by atoms with E-state index in [9.17, 15) is 9.59 Å². The van der Waals surface area contributed by atoms with E-state index < -0.39 is 5.78 Å². The number of H-pyrrole nitrogens is 1. The van der Waals surface area contributed by atoms with Crippen LogP contribution in [-0.2, 0) is 4.79 Å². The Labute approximate surface area is 130 Å². The molecule has 1 fully saturated rings. The average Bonchev–Trinajstić information content (AvgIpc) is 2.80. The predicted octanol–water partition coefficient (Wildman–Crippen LogP) is 3.16. The fourth-order valence-corrected chi connectivity index (χ4v) is 3.65. The minimum atomic E-state index is -0.392.